The van der Waals surface area contributed by atoms with Crippen LogP contribution < -0.4 is 0 Å². The summed E-state index contributed by atoms with van der Waals surface area (Å²) < 4.78 is 6.10. The molecule has 108 valence electrons. The summed E-state index contributed by atoms with van der Waals surface area (Å²) in [6, 6.07) is 0. The van der Waals surface area contributed by atoms with E-state index >= 15 is 0 Å². The first-order valence-corrected chi connectivity index (χ1v) is 8.14. The minimum atomic E-state index is 0.188. The first-order valence-electron chi connectivity index (χ1n) is 8.14. The van der Waals surface area contributed by atoms with Gasteiger partial charge in [0.15, 0.2) is 0 Å². The lowest BCUT2D eigenvalue weighted by Crippen LogP contribution is -2.37. The van der Waals surface area contributed by atoms with E-state index < -0.39 is 0 Å². The highest BCUT2D eigenvalue weighted by Gasteiger charge is 2.51. The molecule has 0 spiro atoms. The van der Waals surface area contributed by atoms with Crippen molar-refractivity contribution in [2.75, 3.05) is 6.61 Å². The summed E-state index contributed by atoms with van der Waals surface area (Å²) in [5.41, 5.74) is 0.496. The van der Waals surface area contributed by atoms with E-state index in [1.165, 1.54) is 38.5 Å². The normalized spacial score (nSPS) is 36.2. The highest BCUT2D eigenvalue weighted by atomic mass is 16.5. The Morgan fingerprint density at radius 2 is 1.95 bits per heavy atom. The third kappa shape index (κ3) is 3.00. The van der Waals surface area contributed by atoms with E-state index in [9.17, 15) is 0 Å². The van der Waals surface area contributed by atoms with Gasteiger partial charge in [-0.05, 0) is 43.9 Å². The first kappa shape index (κ1) is 14.9. The molecule has 0 saturated heterocycles. The smallest absolute Gasteiger partial charge is 0.118 e. The van der Waals surface area contributed by atoms with Gasteiger partial charge in [-0.2, -0.15) is 0 Å². The molecule has 1 saturated carbocycles. The van der Waals surface area contributed by atoms with Crippen molar-refractivity contribution in [3.8, 4) is 11.8 Å². The molecule has 1 aliphatic heterocycles. The van der Waals surface area contributed by atoms with Gasteiger partial charge < -0.3 is 4.74 Å². The van der Waals surface area contributed by atoms with Crippen LogP contribution in [0.4, 0.5) is 0 Å². The van der Waals surface area contributed by atoms with Crippen LogP contribution in [0.3, 0.4) is 0 Å². The molecule has 0 aromatic carbocycles. The van der Waals surface area contributed by atoms with Crippen LogP contribution in [0.15, 0.2) is 0 Å². The van der Waals surface area contributed by atoms with Crippen LogP contribution in [-0.2, 0) is 4.74 Å². The van der Waals surface area contributed by atoms with Gasteiger partial charge in [0.2, 0.25) is 0 Å². The fraction of sp³-hybridized carbons (Fsp3) is 0.889. The molecule has 19 heavy (non-hydrogen) atoms. The fourth-order valence-corrected chi connectivity index (χ4v) is 3.54. The second-order valence-electron chi connectivity index (χ2n) is 7.23. The molecular weight excluding hydrogens is 232 g/mol. The Morgan fingerprint density at radius 3 is 2.68 bits per heavy atom. The molecule has 1 fully saturated rings. The van der Waals surface area contributed by atoms with Crippen molar-refractivity contribution in [1.29, 1.82) is 0 Å². The third-order valence-corrected chi connectivity index (χ3v) is 5.76. The number of fused-ring (bicyclic) bond motifs is 2. The summed E-state index contributed by atoms with van der Waals surface area (Å²) in [6.45, 7) is 10.3. The van der Waals surface area contributed by atoms with Crippen molar-refractivity contribution in [2.45, 2.75) is 78.7 Å². The molecule has 3 atom stereocenters. The minimum Gasteiger partial charge on any atom is -0.365 e. The van der Waals surface area contributed by atoms with Crippen LogP contribution in [0, 0.1) is 28.6 Å². The Hall–Kier alpha value is -0.480. The summed E-state index contributed by atoms with van der Waals surface area (Å²) in [4.78, 5) is 0. The van der Waals surface area contributed by atoms with E-state index in [0.717, 1.165) is 13.0 Å². The summed E-state index contributed by atoms with van der Waals surface area (Å²) in [7, 11) is 0. The van der Waals surface area contributed by atoms with Gasteiger partial charge >= 0.3 is 0 Å². The van der Waals surface area contributed by atoms with Crippen molar-refractivity contribution in [3.05, 3.63) is 0 Å². The second-order valence-corrected chi connectivity index (χ2v) is 7.23. The van der Waals surface area contributed by atoms with E-state index in [1.54, 1.807) is 0 Å². The molecule has 2 rings (SSSR count). The van der Waals surface area contributed by atoms with E-state index in [0.29, 0.717) is 11.3 Å². The third-order valence-electron chi connectivity index (χ3n) is 5.76. The standard InChI is InChI=1S/C18H30O/c1-5-6-7-8-9-16-11-13-18(4)12-10-15(14-19-16)17(18,2)3/h15-16H,5-10,12,14H2,1-4H3/t15-,16+,18+/m1/s1. The Kier molecular flexibility index (Phi) is 4.62. The quantitative estimate of drug-likeness (QED) is 0.511. The predicted molar refractivity (Wildman–Crippen MR) is 80.9 cm³/mol. The van der Waals surface area contributed by atoms with Gasteiger partial charge in [-0.15, -0.1) is 0 Å². The molecule has 1 aliphatic carbocycles. The summed E-state index contributed by atoms with van der Waals surface area (Å²) >= 11 is 0. The summed E-state index contributed by atoms with van der Waals surface area (Å²) in [6.07, 6.45) is 9.05. The number of unbranched alkanes of at least 4 members (excludes halogenated alkanes) is 3. The lowest BCUT2D eigenvalue weighted by molar-refractivity contribution is 0.00806. The highest BCUT2D eigenvalue weighted by molar-refractivity contribution is 5.22. The van der Waals surface area contributed by atoms with Gasteiger partial charge in [0.05, 0.1) is 6.61 Å². The van der Waals surface area contributed by atoms with E-state index in [4.69, 9.17) is 4.74 Å². The topological polar surface area (TPSA) is 9.23 Å². The van der Waals surface area contributed by atoms with Crippen molar-refractivity contribution in [1.82, 2.24) is 0 Å². The summed E-state index contributed by atoms with van der Waals surface area (Å²) in [5, 5.41) is 0. The van der Waals surface area contributed by atoms with E-state index in [2.05, 4.69) is 39.5 Å². The van der Waals surface area contributed by atoms with Crippen LogP contribution in [-0.4, -0.2) is 12.7 Å². The first-order chi connectivity index (χ1) is 8.99. The predicted octanol–water partition coefficient (Wildman–Crippen LogP) is 4.80. The summed E-state index contributed by atoms with van der Waals surface area (Å²) in [5.74, 6) is 7.73. The molecule has 1 heteroatoms. The fourth-order valence-electron chi connectivity index (χ4n) is 3.54. The lowest BCUT2D eigenvalue weighted by Gasteiger charge is -2.39. The van der Waals surface area contributed by atoms with Crippen molar-refractivity contribution in [2.24, 2.45) is 16.7 Å². The van der Waals surface area contributed by atoms with Crippen molar-refractivity contribution in [3.63, 3.8) is 0 Å². The monoisotopic (exact) mass is 262 g/mol. The molecule has 0 aromatic heterocycles. The molecule has 0 radical (unpaired) electrons. The van der Waals surface area contributed by atoms with Crippen LogP contribution >= 0.6 is 0 Å². The average molecular weight is 262 g/mol. The maximum absolute atomic E-state index is 6.10. The molecule has 0 N–H and O–H groups in total. The van der Waals surface area contributed by atoms with Gasteiger partial charge in [-0.25, -0.2) is 0 Å². The van der Waals surface area contributed by atoms with E-state index in [-0.39, 0.29) is 11.5 Å². The maximum Gasteiger partial charge on any atom is 0.118 e. The second kappa shape index (κ2) is 5.88. The SMILES string of the molecule is CCCCCC[C@H]1C#C[C@]2(C)CC[C@H](CO1)C2(C)C. The van der Waals surface area contributed by atoms with E-state index in [1.807, 2.05) is 0 Å². The average Bonchev–Trinajstić information content (AvgIpc) is 2.64. The van der Waals surface area contributed by atoms with Crippen LogP contribution in [0.5, 0.6) is 0 Å². The Bertz CT molecular complexity index is 360. The molecule has 1 nitrogen and oxygen atoms in total. The zero-order valence-electron chi connectivity index (χ0n) is 13.2. The molecule has 0 unspecified atom stereocenters. The number of hydrogen-bond acceptors (Lipinski definition) is 1. The molecule has 0 aromatic rings. The number of rotatable bonds is 5. The molecule has 2 aliphatic rings. The molecule has 0 amide bonds. The van der Waals surface area contributed by atoms with Crippen molar-refractivity contribution >= 4 is 0 Å². The van der Waals surface area contributed by atoms with Gasteiger partial charge in [0.1, 0.15) is 6.10 Å². The van der Waals surface area contributed by atoms with Gasteiger partial charge in [0, 0.05) is 5.41 Å². The van der Waals surface area contributed by atoms with Crippen LogP contribution in [0.2, 0.25) is 0 Å². The Labute approximate surface area is 119 Å². The Morgan fingerprint density at radius 1 is 1.16 bits per heavy atom. The minimum absolute atomic E-state index is 0.188. The zero-order chi connectivity index (χ0) is 13.9. The highest BCUT2D eigenvalue weighted by Crippen LogP contribution is 2.56. The molecular formula is C18H30O. The largest absolute Gasteiger partial charge is 0.365 e. The maximum atomic E-state index is 6.10. The number of hydrogen-bond donors (Lipinski definition) is 0. The number of ether oxygens (including phenoxy) is 1. The molecule has 1 heterocycles. The van der Waals surface area contributed by atoms with Crippen LogP contribution in [0.1, 0.15) is 72.6 Å². The lowest BCUT2D eigenvalue weighted by atomic mass is 9.66. The van der Waals surface area contributed by atoms with Gasteiger partial charge in [-0.1, -0.05) is 51.9 Å². The molecule has 2 bridgehead atoms. The Balaban J connectivity index is 1.99. The van der Waals surface area contributed by atoms with Crippen molar-refractivity contribution < 1.29 is 4.74 Å². The zero-order valence-corrected chi connectivity index (χ0v) is 13.2. The van der Waals surface area contributed by atoms with Crippen LogP contribution in [0.25, 0.3) is 0 Å². The van der Waals surface area contributed by atoms with Gasteiger partial charge in [-0.3, -0.25) is 0 Å². The van der Waals surface area contributed by atoms with Gasteiger partial charge in [0.25, 0.3) is 0 Å².